The quantitative estimate of drug-likeness (QED) is 0.674. The molecular formula is C24H39N5O2. The Morgan fingerprint density at radius 1 is 1.23 bits per heavy atom. The number of amides is 1. The Morgan fingerprint density at radius 3 is 2.68 bits per heavy atom. The second-order valence-electron chi connectivity index (χ2n) is 9.83. The van der Waals surface area contributed by atoms with Gasteiger partial charge < -0.3 is 15.0 Å². The number of nitrogens with one attached hydrogen (secondary N) is 1. The fourth-order valence-corrected chi connectivity index (χ4v) is 5.23. The van der Waals surface area contributed by atoms with E-state index in [0.717, 1.165) is 83.6 Å². The molecule has 4 rings (SSSR count). The third-order valence-corrected chi connectivity index (χ3v) is 7.18. The highest BCUT2D eigenvalue weighted by Gasteiger charge is 2.33. The first-order chi connectivity index (χ1) is 15.0. The van der Waals surface area contributed by atoms with Gasteiger partial charge in [-0.15, -0.1) is 6.58 Å². The van der Waals surface area contributed by atoms with Gasteiger partial charge in [0.05, 0.1) is 19.8 Å². The number of hydrogen-bond donors (Lipinski definition) is 1. The number of morpholine rings is 1. The second-order valence-corrected chi connectivity index (χ2v) is 9.83. The van der Waals surface area contributed by atoms with E-state index in [0.29, 0.717) is 18.3 Å². The SMILES string of the molecule is C=CCn1nc(C(=O)N2CCCCC2)c2c1CC[C@H](NCC(C)(C)N1CCOCC1)C2. The molecule has 1 atom stereocenters. The van der Waals surface area contributed by atoms with E-state index in [1.54, 1.807) is 0 Å². The molecule has 1 N–H and O–H groups in total. The molecule has 3 aliphatic rings. The molecule has 1 aromatic heterocycles. The molecule has 0 radical (unpaired) electrons. The van der Waals surface area contributed by atoms with Crippen LogP contribution in [0.25, 0.3) is 0 Å². The van der Waals surface area contributed by atoms with Gasteiger partial charge in [0.2, 0.25) is 0 Å². The van der Waals surface area contributed by atoms with E-state index in [4.69, 9.17) is 9.84 Å². The molecule has 1 aromatic rings. The first kappa shape index (κ1) is 22.5. The molecule has 0 spiro atoms. The molecule has 0 saturated carbocycles. The van der Waals surface area contributed by atoms with E-state index in [9.17, 15) is 4.79 Å². The van der Waals surface area contributed by atoms with Crippen LogP contribution < -0.4 is 5.32 Å². The standard InChI is InChI=1S/C24H39N5O2/c1-4-10-29-21-9-8-19(25-18-24(2,3)28-13-15-31-16-14-28)17-20(21)22(26-29)23(30)27-11-6-5-7-12-27/h4,19,25H,1,5-18H2,2-3H3/t19-/m0/s1. The maximum absolute atomic E-state index is 13.3. The fourth-order valence-electron chi connectivity index (χ4n) is 5.23. The van der Waals surface area contributed by atoms with Crippen LogP contribution in [0.4, 0.5) is 0 Å². The van der Waals surface area contributed by atoms with Crippen molar-refractivity contribution in [3.05, 3.63) is 29.6 Å². The van der Waals surface area contributed by atoms with Crippen LogP contribution in [-0.4, -0.2) is 83.0 Å². The van der Waals surface area contributed by atoms with Crippen molar-refractivity contribution in [1.82, 2.24) is 24.9 Å². The lowest BCUT2D eigenvalue weighted by molar-refractivity contribution is -0.0104. The van der Waals surface area contributed by atoms with Gasteiger partial charge in [-0.05, 0) is 52.4 Å². The monoisotopic (exact) mass is 429 g/mol. The lowest BCUT2D eigenvalue weighted by Gasteiger charge is -2.42. The number of carbonyl (C=O) groups is 1. The summed E-state index contributed by atoms with van der Waals surface area (Å²) in [5.41, 5.74) is 3.15. The Labute approximate surface area is 186 Å². The first-order valence-corrected chi connectivity index (χ1v) is 12.0. The molecule has 2 saturated heterocycles. The minimum absolute atomic E-state index is 0.0868. The Morgan fingerprint density at radius 2 is 1.97 bits per heavy atom. The maximum atomic E-state index is 13.3. The number of hydrogen-bond acceptors (Lipinski definition) is 5. The third kappa shape index (κ3) is 5.04. The minimum atomic E-state index is 0.0868. The van der Waals surface area contributed by atoms with Crippen LogP contribution in [0.1, 0.15) is 61.3 Å². The van der Waals surface area contributed by atoms with Crippen molar-refractivity contribution < 1.29 is 9.53 Å². The van der Waals surface area contributed by atoms with Crippen molar-refractivity contribution in [2.75, 3.05) is 45.9 Å². The largest absolute Gasteiger partial charge is 0.379 e. The van der Waals surface area contributed by atoms with Gasteiger partial charge in [-0.3, -0.25) is 14.4 Å². The van der Waals surface area contributed by atoms with Crippen LogP contribution in [0, 0.1) is 0 Å². The first-order valence-electron chi connectivity index (χ1n) is 12.0. The van der Waals surface area contributed by atoms with Gasteiger partial charge in [0, 0.05) is 55.6 Å². The molecule has 3 heterocycles. The third-order valence-electron chi connectivity index (χ3n) is 7.18. The number of fused-ring (bicyclic) bond motifs is 1. The Kier molecular flexibility index (Phi) is 7.14. The van der Waals surface area contributed by atoms with Crippen LogP contribution >= 0.6 is 0 Å². The summed E-state index contributed by atoms with van der Waals surface area (Å²) in [5, 5.41) is 8.60. The molecule has 172 valence electrons. The molecule has 1 amide bonds. The summed E-state index contributed by atoms with van der Waals surface area (Å²) >= 11 is 0. The molecule has 7 nitrogen and oxygen atoms in total. The predicted octanol–water partition coefficient (Wildman–Crippen LogP) is 2.25. The Bertz CT molecular complexity index is 775. The van der Waals surface area contributed by atoms with Crippen molar-refractivity contribution in [2.24, 2.45) is 0 Å². The topological polar surface area (TPSA) is 62.6 Å². The zero-order valence-electron chi connectivity index (χ0n) is 19.4. The molecule has 31 heavy (non-hydrogen) atoms. The smallest absolute Gasteiger partial charge is 0.274 e. The molecule has 0 unspecified atom stereocenters. The molecule has 0 aromatic carbocycles. The highest BCUT2D eigenvalue weighted by molar-refractivity contribution is 5.94. The lowest BCUT2D eigenvalue weighted by atomic mass is 9.90. The van der Waals surface area contributed by atoms with Gasteiger partial charge in [0.15, 0.2) is 5.69 Å². The summed E-state index contributed by atoms with van der Waals surface area (Å²) in [7, 11) is 0. The van der Waals surface area contributed by atoms with Gasteiger partial charge >= 0.3 is 0 Å². The number of likely N-dealkylation sites (tertiary alicyclic amines) is 1. The zero-order valence-corrected chi connectivity index (χ0v) is 19.4. The van der Waals surface area contributed by atoms with Gasteiger partial charge in [-0.25, -0.2) is 0 Å². The van der Waals surface area contributed by atoms with E-state index in [1.165, 1.54) is 12.1 Å². The van der Waals surface area contributed by atoms with E-state index in [-0.39, 0.29) is 11.4 Å². The van der Waals surface area contributed by atoms with E-state index in [2.05, 4.69) is 30.6 Å². The van der Waals surface area contributed by atoms with Crippen molar-refractivity contribution in [3.63, 3.8) is 0 Å². The van der Waals surface area contributed by atoms with Crippen molar-refractivity contribution >= 4 is 5.91 Å². The van der Waals surface area contributed by atoms with Gasteiger partial charge in [0.1, 0.15) is 0 Å². The number of aromatic nitrogens is 2. The minimum Gasteiger partial charge on any atom is -0.379 e. The molecular weight excluding hydrogens is 390 g/mol. The van der Waals surface area contributed by atoms with Gasteiger partial charge in [0.25, 0.3) is 5.91 Å². The van der Waals surface area contributed by atoms with Crippen molar-refractivity contribution in [2.45, 2.75) is 70.5 Å². The molecule has 2 fully saturated rings. The summed E-state index contributed by atoms with van der Waals surface area (Å²) in [6.07, 6.45) is 8.20. The normalized spacial score (nSPS) is 22.9. The average Bonchev–Trinajstić information content (AvgIpc) is 3.16. The van der Waals surface area contributed by atoms with Crippen molar-refractivity contribution in [1.29, 1.82) is 0 Å². The van der Waals surface area contributed by atoms with E-state index in [1.807, 2.05) is 15.7 Å². The number of piperidine rings is 1. The number of allylic oxidation sites excluding steroid dienone is 1. The number of nitrogens with zero attached hydrogens (tertiary/aromatic N) is 4. The molecule has 7 heteroatoms. The van der Waals surface area contributed by atoms with Crippen LogP contribution in [0.15, 0.2) is 12.7 Å². The Balaban J connectivity index is 1.46. The molecule has 0 bridgehead atoms. The number of ether oxygens (including phenoxy) is 1. The molecule has 1 aliphatic carbocycles. The van der Waals surface area contributed by atoms with E-state index < -0.39 is 0 Å². The van der Waals surface area contributed by atoms with Crippen LogP contribution in [0.5, 0.6) is 0 Å². The lowest BCUT2D eigenvalue weighted by Crippen LogP contribution is -2.56. The van der Waals surface area contributed by atoms with Crippen LogP contribution in [0.2, 0.25) is 0 Å². The fraction of sp³-hybridized carbons (Fsp3) is 0.750. The van der Waals surface area contributed by atoms with Crippen LogP contribution in [0.3, 0.4) is 0 Å². The van der Waals surface area contributed by atoms with E-state index >= 15 is 0 Å². The second kappa shape index (κ2) is 9.84. The maximum Gasteiger partial charge on any atom is 0.274 e. The number of carbonyl (C=O) groups excluding carboxylic acids is 1. The average molecular weight is 430 g/mol. The van der Waals surface area contributed by atoms with Gasteiger partial charge in [-0.1, -0.05) is 6.08 Å². The van der Waals surface area contributed by atoms with Gasteiger partial charge in [-0.2, -0.15) is 5.10 Å². The zero-order chi connectivity index (χ0) is 21.8. The Hall–Kier alpha value is -1.70. The highest BCUT2D eigenvalue weighted by atomic mass is 16.5. The van der Waals surface area contributed by atoms with Crippen molar-refractivity contribution in [3.8, 4) is 0 Å². The summed E-state index contributed by atoms with van der Waals surface area (Å²) < 4.78 is 7.53. The highest BCUT2D eigenvalue weighted by Crippen LogP contribution is 2.27. The summed E-state index contributed by atoms with van der Waals surface area (Å²) in [6, 6.07) is 0.377. The summed E-state index contributed by atoms with van der Waals surface area (Å²) in [6.45, 7) is 15.4. The summed E-state index contributed by atoms with van der Waals surface area (Å²) in [4.78, 5) is 17.8. The molecule has 2 aliphatic heterocycles. The van der Waals surface area contributed by atoms with Crippen LogP contribution in [-0.2, 0) is 24.1 Å². The number of rotatable bonds is 7. The predicted molar refractivity (Wildman–Crippen MR) is 122 cm³/mol. The summed E-state index contributed by atoms with van der Waals surface area (Å²) in [5.74, 6) is 0.119.